The highest BCUT2D eigenvalue weighted by atomic mass is 35.5. The van der Waals surface area contributed by atoms with Gasteiger partial charge in [-0.2, -0.15) is 0 Å². The highest BCUT2D eigenvalue weighted by Crippen LogP contribution is 2.32. The number of ether oxygens (including phenoxy) is 1. The number of amides is 1. The monoisotopic (exact) mass is 337 g/mol. The largest absolute Gasteiger partial charge is 0.481 e. The number of piperidine rings is 1. The molecule has 0 saturated carbocycles. The number of aliphatic carboxylic acids is 1. The number of carboxylic acids is 1. The Morgan fingerprint density at radius 3 is 3.00 bits per heavy atom. The average Bonchev–Trinajstić information content (AvgIpc) is 2.95. The Labute approximate surface area is 140 Å². The van der Waals surface area contributed by atoms with E-state index in [1.54, 1.807) is 12.1 Å². The number of likely N-dealkylation sites (tertiary alicyclic amines) is 1. The molecule has 0 aromatic heterocycles. The number of rotatable bonds is 4. The summed E-state index contributed by atoms with van der Waals surface area (Å²) in [5.41, 5.74) is 0.968. The molecule has 0 unspecified atom stereocenters. The van der Waals surface area contributed by atoms with Crippen LogP contribution in [0.1, 0.15) is 31.2 Å². The molecule has 1 saturated heterocycles. The molecule has 0 spiro atoms. The van der Waals surface area contributed by atoms with Gasteiger partial charge in [-0.1, -0.05) is 11.6 Å². The Bertz CT molecular complexity index is 619. The summed E-state index contributed by atoms with van der Waals surface area (Å²) in [6, 6.07) is 5.41. The highest BCUT2D eigenvalue weighted by Gasteiger charge is 2.34. The van der Waals surface area contributed by atoms with E-state index < -0.39 is 12.1 Å². The number of carboxylic acid groups (broad SMARTS) is 1. The minimum Gasteiger partial charge on any atom is -0.481 e. The lowest BCUT2D eigenvalue weighted by molar-refractivity contribution is -0.140. The number of benzene rings is 1. The van der Waals surface area contributed by atoms with Crippen molar-refractivity contribution in [2.75, 3.05) is 13.1 Å². The van der Waals surface area contributed by atoms with Gasteiger partial charge >= 0.3 is 5.97 Å². The minimum atomic E-state index is -0.778. The molecule has 1 amide bonds. The first-order valence-electron chi connectivity index (χ1n) is 7.98. The van der Waals surface area contributed by atoms with E-state index in [1.165, 1.54) is 0 Å². The van der Waals surface area contributed by atoms with Crippen molar-refractivity contribution in [2.24, 2.45) is 5.92 Å². The summed E-state index contributed by atoms with van der Waals surface area (Å²) in [5.74, 6) is 0.214. The maximum Gasteiger partial charge on any atom is 0.303 e. The minimum absolute atomic E-state index is 0.00246. The predicted molar refractivity (Wildman–Crippen MR) is 85.7 cm³/mol. The van der Waals surface area contributed by atoms with Crippen LogP contribution in [0.4, 0.5) is 0 Å². The van der Waals surface area contributed by atoms with Crippen molar-refractivity contribution in [3.05, 3.63) is 28.8 Å². The van der Waals surface area contributed by atoms with Gasteiger partial charge < -0.3 is 14.7 Å². The first-order chi connectivity index (χ1) is 11.0. The molecule has 23 heavy (non-hydrogen) atoms. The summed E-state index contributed by atoms with van der Waals surface area (Å²) in [7, 11) is 0. The summed E-state index contributed by atoms with van der Waals surface area (Å²) < 4.78 is 5.77. The van der Waals surface area contributed by atoms with Gasteiger partial charge in [0.05, 0.1) is 0 Å². The molecule has 2 aliphatic heterocycles. The van der Waals surface area contributed by atoms with E-state index in [9.17, 15) is 9.59 Å². The fraction of sp³-hybridized carbons (Fsp3) is 0.529. The molecule has 3 rings (SSSR count). The fourth-order valence-corrected chi connectivity index (χ4v) is 3.58. The molecular weight excluding hydrogens is 318 g/mol. The molecule has 2 heterocycles. The van der Waals surface area contributed by atoms with Gasteiger partial charge in [0.1, 0.15) is 5.75 Å². The van der Waals surface area contributed by atoms with Crippen molar-refractivity contribution >= 4 is 23.5 Å². The van der Waals surface area contributed by atoms with Gasteiger partial charge in [-0.15, -0.1) is 0 Å². The van der Waals surface area contributed by atoms with E-state index in [4.69, 9.17) is 21.4 Å². The molecular formula is C17H20ClNO4. The van der Waals surface area contributed by atoms with Gasteiger partial charge in [-0.3, -0.25) is 9.59 Å². The van der Waals surface area contributed by atoms with Crippen molar-refractivity contribution in [2.45, 2.75) is 38.2 Å². The van der Waals surface area contributed by atoms with Gasteiger partial charge in [-0.05, 0) is 48.9 Å². The quantitative estimate of drug-likeness (QED) is 0.917. The zero-order valence-corrected chi connectivity index (χ0v) is 13.6. The number of hydrogen-bond donors (Lipinski definition) is 1. The molecule has 2 aliphatic rings. The lowest BCUT2D eigenvalue weighted by Gasteiger charge is -2.34. The van der Waals surface area contributed by atoms with E-state index >= 15 is 0 Å². The second-order valence-electron chi connectivity index (χ2n) is 6.29. The SMILES string of the molecule is O=C(O)CC[C@H]1CCCN(C(=O)[C@H]2Cc3cc(Cl)ccc3O2)C1. The Morgan fingerprint density at radius 1 is 1.39 bits per heavy atom. The number of hydrogen-bond acceptors (Lipinski definition) is 3. The first kappa shape index (κ1) is 16.1. The molecule has 5 nitrogen and oxygen atoms in total. The standard InChI is InChI=1S/C17H20ClNO4/c18-13-4-5-14-12(8-13)9-15(23-14)17(22)19-7-1-2-11(10-19)3-6-16(20)21/h4-5,8,11,15H,1-3,6-7,9-10H2,(H,20,21)/t11-,15-/m1/s1. The van der Waals surface area contributed by atoms with Crippen LogP contribution >= 0.6 is 11.6 Å². The Hall–Kier alpha value is -1.75. The maximum absolute atomic E-state index is 12.7. The van der Waals surface area contributed by atoms with E-state index in [0.717, 1.165) is 30.7 Å². The lowest BCUT2D eigenvalue weighted by Crippen LogP contribution is -2.46. The normalized spacial score (nSPS) is 23.3. The zero-order valence-electron chi connectivity index (χ0n) is 12.8. The number of carbonyl (C=O) groups excluding carboxylic acids is 1. The van der Waals surface area contributed by atoms with E-state index in [0.29, 0.717) is 24.4 Å². The van der Waals surface area contributed by atoms with Crippen molar-refractivity contribution in [3.63, 3.8) is 0 Å². The number of fused-ring (bicyclic) bond motifs is 1. The summed E-state index contributed by atoms with van der Waals surface area (Å²) in [6.45, 7) is 1.35. The van der Waals surface area contributed by atoms with Crippen LogP contribution in [-0.2, 0) is 16.0 Å². The molecule has 124 valence electrons. The summed E-state index contributed by atoms with van der Waals surface area (Å²) >= 11 is 5.98. The van der Waals surface area contributed by atoms with Crippen LogP contribution in [0.25, 0.3) is 0 Å². The zero-order chi connectivity index (χ0) is 16.4. The van der Waals surface area contributed by atoms with Crippen molar-refractivity contribution < 1.29 is 19.4 Å². The van der Waals surface area contributed by atoms with Crippen LogP contribution in [0.2, 0.25) is 5.02 Å². The van der Waals surface area contributed by atoms with Crippen LogP contribution < -0.4 is 4.74 Å². The Morgan fingerprint density at radius 2 is 2.22 bits per heavy atom. The van der Waals surface area contributed by atoms with Gasteiger partial charge in [-0.25, -0.2) is 0 Å². The van der Waals surface area contributed by atoms with Crippen LogP contribution in [-0.4, -0.2) is 41.1 Å². The second-order valence-corrected chi connectivity index (χ2v) is 6.72. The summed E-state index contributed by atoms with van der Waals surface area (Å²) in [5, 5.41) is 9.45. The van der Waals surface area contributed by atoms with E-state index in [2.05, 4.69) is 0 Å². The maximum atomic E-state index is 12.7. The van der Waals surface area contributed by atoms with Crippen molar-refractivity contribution in [1.29, 1.82) is 0 Å². The molecule has 2 atom stereocenters. The molecule has 0 aliphatic carbocycles. The molecule has 1 fully saturated rings. The molecule has 1 aromatic carbocycles. The molecule has 1 aromatic rings. The van der Waals surface area contributed by atoms with Crippen molar-refractivity contribution in [1.82, 2.24) is 4.90 Å². The highest BCUT2D eigenvalue weighted by molar-refractivity contribution is 6.30. The average molecular weight is 338 g/mol. The summed E-state index contributed by atoms with van der Waals surface area (Å²) in [4.78, 5) is 25.2. The van der Waals surface area contributed by atoms with E-state index in [1.807, 2.05) is 11.0 Å². The third kappa shape index (κ3) is 3.78. The van der Waals surface area contributed by atoms with Gasteiger partial charge in [0, 0.05) is 31.0 Å². The molecule has 0 radical (unpaired) electrons. The molecule has 6 heteroatoms. The van der Waals surface area contributed by atoms with Gasteiger partial charge in [0.2, 0.25) is 0 Å². The molecule has 1 N–H and O–H groups in total. The van der Waals surface area contributed by atoms with Crippen LogP contribution in [0.3, 0.4) is 0 Å². The number of nitrogens with zero attached hydrogens (tertiary/aromatic N) is 1. The molecule has 0 bridgehead atoms. The van der Waals surface area contributed by atoms with Crippen LogP contribution in [0, 0.1) is 5.92 Å². The third-order valence-electron chi connectivity index (χ3n) is 4.57. The van der Waals surface area contributed by atoms with Crippen LogP contribution in [0.5, 0.6) is 5.75 Å². The number of carbonyl (C=O) groups is 2. The van der Waals surface area contributed by atoms with Crippen LogP contribution in [0.15, 0.2) is 18.2 Å². The topological polar surface area (TPSA) is 66.8 Å². The van der Waals surface area contributed by atoms with Gasteiger partial charge in [0.25, 0.3) is 5.91 Å². The predicted octanol–water partition coefficient (Wildman–Crippen LogP) is 2.75. The van der Waals surface area contributed by atoms with E-state index in [-0.39, 0.29) is 18.2 Å². The van der Waals surface area contributed by atoms with Gasteiger partial charge in [0.15, 0.2) is 6.10 Å². The first-order valence-corrected chi connectivity index (χ1v) is 8.36. The number of halogens is 1. The Balaban J connectivity index is 1.59. The summed E-state index contributed by atoms with van der Waals surface area (Å²) in [6.07, 6.45) is 2.75. The second kappa shape index (κ2) is 6.79. The third-order valence-corrected chi connectivity index (χ3v) is 4.80. The Kier molecular flexibility index (Phi) is 4.76. The van der Waals surface area contributed by atoms with Crippen molar-refractivity contribution in [3.8, 4) is 5.75 Å². The fourth-order valence-electron chi connectivity index (χ4n) is 3.39. The lowest BCUT2D eigenvalue weighted by atomic mass is 9.93. The smallest absolute Gasteiger partial charge is 0.303 e.